The van der Waals surface area contributed by atoms with Crippen LogP contribution in [-0.2, 0) is 18.9 Å². The monoisotopic (exact) mass is 742 g/mol. The predicted molar refractivity (Wildman–Crippen MR) is 172 cm³/mol. The van der Waals surface area contributed by atoms with Crippen molar-refractivity contribution >= 4 is 0 Å². The van der Waals surface area contributed by atoms with Crippen LogP contribution >= 0.6 is 0 Å². The van der Waals surface area contributed by atoms with Crippen molar-refractivity contribution in [3.63, 3.8) is 0 Å². The number of hydrogen-bond acceptors (Lipinski definition) is 18. The third kappa shape index (κ3) is 6.94. The van der Waals surface area contributed by atoms with Crippen LogP contribution in [0.2, 0.25) is 0 Å². The Morgan fingerprint density at radius 2 is 0.846 bits per heavy atom. The summed E-state index contributed by atoms with van der Waals surface area (Å²) in [7, 11) is 5.66. The van der Waals surface area contributed by atoms with Gasteiger partial charge in [-0.05, 0) is 35.4 Å². The van der Waals surface area contributed by atoms with E-state index in [1.165, 1.54) is 28.4 Å². The molecular weight excluding hydrogens is 696 g/mol. The number of fused-ring (bicyclic) bond motifs is 1. The predicted octanol–water partition coefficient (Wildman–Crippen LogP) is -1.85. The van der Waals surface area contributed by atoms with E-state index in [1.54, 1.807) is 24.3 Å². The molecule has 18 heteroatoms. The smallest absolute Gasteiger partial charge is 0.229 e. The average molecular weight is 743 g/mol. The fourth-order valence-corrected chi connectivity index (χ4v) is 7.16. The van der Waals surface area contributed by atoms with Crippen LogP contribution in [0, 0.1) is 11.8 Å². The van der Waals surface area contributed by atoms with Gasteiger partial charge in [-0.2, -0.15) is 0 Å². The van der Waals surface area contributed by atoms with E-state index in [0.29, 0.717) is 24.3 Å². The minimum Gasteiger partial charge on any atom is -0.493 e. The van der Waals surface area contributed by atoms with Gasteiger partial charge in [-0.15, -0.1) is 0 Å². The van der Waals surface area contributed by atoms with E-state index in [0.717, 1.165) is 0 Å². The zero-order valence-electron chi connectivity index (χ0n) is 28.9. The summed E-state index contributed by atoms with van der Waals surface area (Å²) in [5.74, 6) is 0.683. The summed E-state index contributed by atoms with van der Waals surface area (Å²) < 4.78 is 58.0. The molecular formula is C34H46O18. The quantitative estimate of drug-likeness (QED) is 0.119. The van der Waals surface area contributed by atoms with Gasteiger partial charge in [0.1, 0.15) is 48.8 Å². The van der Waals surface area contributed by atoms with Gasteiger partial charge in [0.15, 0.2) is 23.0 Å². The van der Waals surface area contributed by atoms with Crippen molar-refractivity contribution in [2.24, 2.45) is 11.8 Å². The van der Waals surface area contributed by atoms with E-state index in [1.807, 2.05) is 0 Å². The number of hydrogen-bond donors (Lipinski definition) is 8. The van der Waals surface area contributed by atoms with Crippen molar-refractivity contribution in [3.8, 4) is 34.5 Å². The summed E-state index contributed by atoms with van der Waals surface area (Å²) >= 11 is 0. The molecule has 0 saturated carbocycles. The number of aliphatic hydroxyl groups is 8. The van der Waals surface area contributed by atoms with E-state index in [2.05, 4.69) is 0 Å². The van der Waals surface area contributed by atoms with Crippen molar-refractivity contribution in [1.29, 1.82) is 0 Å². The van der Waals surface area contributed by atoms with E-state index < -0.39 is 86.8 Å². The molecule has 4 aliphatic heterocycles. The Balaban J connectivity index is 1.22. The summed E-state index contributed by atoms with van der Waals surface area (Å²) in [4.78, 5) is 0. The van der Waals surface area contributed by atoms with Gasteiger partial charge >= 0.3 is 0 Å². The van der Waals surface area contributed by atoms with Crippen LogP contribution in [0.5, 0.6) is 34.5 Å². The van der Waals surface area contributed by atoms with E-state index in [-0.39, 0.29) is 46.3 Å². The van der Waals surface area contributed by atoms with Gasteiger partial charge in [0, 0.05) is 11.8 Å². The largest absolute Gasteiger partial charge is 0.493 e. The molecule has 4 aliphatic rings. The van der Waals surface area contributed by atoms with Crippen LogP contribution in [0.4, 0.5) is 0 Å². The molecule has 0 aromatic heterocycles. The maximum Gasteiger partial charge on any atom is 0.229 e. The minimum atomic E-state index is -1.65. The maximum atomic E-state index is 10.5. The molecule has 4 fully saturated rings. The molecule has 4 heterocycles. The van der Waals surface area contributed by atoms with Gasteiger partial charge in [0.25, 0.3) is 0 Å². The Hall–Kier alpha value is -3.24. The summed E-state index contributed by atoms with van der Waals surface area (Å²) in [6.07, 6.45) is -15.9. The second-order valence-corrected chi connectivity index (χ2v) is 13.0. The number of benzene rings is 2. The molecule has 0 radical (unpaired) electrons. The van der Waals surface area contributed by atoms with Crippen LogP contribution in [0.1, 0.15) is 23.3 Å². The fraction of sp³-hybridized carbons (Fsp3) is 0.647. The highest BCUT2D eigenvalue weighted by Crippen LogP contribution is 2.54. The third-order valence-electron chi connectivity index (χ3n) is 10.1. The normalized spacial score (nSPS) is 37.3. The van der Waals surface area contributed by atoms with Gasteiger partial charge in [-0.3, -0.25) is 0 Å². The maximum absolute atomic E-state index is 10.5. The lowest BCUT2D eigenvalue weighted by atomic mass is 9.84. The van der Waals surface area contributed by atoms with Gasteiger partial charge in [0.2, 0.25) is 24.1 Å². The molecule has 2 unspecified atom stereocenters. The topological polar surface area (TPSA) is 254 Å². The van der Waals surface area contributed by atoms with Gasteiger partial charge in [-0.1, -0.05) is 0 Å². The van der Waals surface area contributed by atoms with Crippen LogP contribution in [-0.4, -0.2) is 157 Å². The lowest BCUT2D eigenvalue weighted by Crippen LogP contribution is -2.60. The lowest BCUT2D eigenvalue weighted by molar-refractivity contribution is -0.277. The molecule has 0 bridgehead atoms. The molecule has 4 saturated heterocycles. The SMILES string of the molecule is COc1cc(C2OC[C@H]3C(c4cc(OC)c(O[C@@H]5O[C@H](CO)[C@@H](O)[C@H](O)[C@H]5O)c(OC)c4)OC[C@H]23)cc(OC)c1O[C@@H]1O[C@H](CO)[C@@H](O)[C@H](O)[C@H]1O. The zero-order valence-corrected chi connectivity index (χ0v) is 28.9. The molecule has 0 aliphatic carbocycles. The molecule has 6 rings (SSSR count). The molecule has 0 amide bonds. The Morgan fingerprint density at radius 1 is 0.519 bits per heavy atom. The van der Waals surface area contributed by atoms with E-state index in [9.17, 15) is 40.9 Å². The first kappa shape index (κ1) is 38.5. The van der Waals surface area contributed by atoms with Crippen molar-refractivity contribution < 1.29 is 88.2 Å². The highest BCUT2D eigenvalue weighted by molar-refractivity contribution is 5.56. The lowest BCUT2D eigenvalue weighted by Gasteiger charge is -2.39. The van der Waals surface area contributed by atoms with Gasteiger partial charge in [-0.25, -0.2) is 0 Å². The first-order valence-electron chi connectivity index (χ1n) is 16.7. The molecule has 0 spiro atoms. The molecule has 14 atom stereocenters. The average Bonchev–Trinajstić information content (AvgIpc) is 3.78. The Morgan fingerprint density at radius 3 is 1.13 bits per heavy atom. The number of ether oxygens (including phenoxy) is 10. The van der Waals surface area contributed by atoms with Crippen LogP contribution in [0.15, 0.2) is 24.3 Å². The van der Waals surface area contributed by atoms with Crippen molar-refractivity contribution in [3.05, 3.63) is 35.4 Å². The van der Waals surface area contributed by atoms with Crippen molar-refractivity contribution in [1.82, 2.24) is 0 Å². The Bertz CT molecular complexity index is 1360. The molecule has 18 nitrogen and oxygen atoms in total. The number of rotatable bonds is 12. The third-order valence-corrected chi connectivity index (χ3v) is 10.1. The summed E-state index contributed by atoms with van der Waals surface area (Å²) in [5, 5.41) is 81.0. The molecule has 8 N–H and O–H groups in total. The second kappa shape index (κ2) is 16.0. The summed E-state index contributed by atoms with van der Waals surface area (Å²) in [5.41, 5.74) is 1.37. The number of methoxy groups -OCH3 is 4. The van der Waals surface area contributed by atoms with Crippen molar-refractivity contribution in [2.45, 2.75) is 73.6 Å². The van der Waals surface area contributed by atoms with E-state index >= 15 is 0 Å². The minimum absolute atomic E-state index is 0.0541. The zero-order chi connectivity index (χ0) is 37.4. The standard InChI is InChI=1S/C34H46O18/c1-43-17-5-13(6-18(44-2)31(17)51-33-27(41)25(39)23(37)21(9-35)49-33)29-15-11-48-30(16(15)12-47-29)14-7-19(45-3)32(20(8-14)46-4)52-34-28(42)26(40)24(38)22(10-36)50-34/h5-8,15-16,21-30,33-42H,9-12H2,1-4H3/t15-,16+,21-,22-,23-,24-,25+,26+,27-,28-,29?,30?,33+,34+/m1/s1. The molecule has 52 heavy (non-hydrogen) atoms. The number of aliphatic hydroxyl groups excluding tert-OH is 8. The summed E-state index contributed by atoms with van der Waals surface area (Å²) in [6, 6.07) is 6.78. The van der Waals surface area contributed by atoms with E-state index in [4.69, 9.17) is 47.4 Å². The first-order chi connectivity index (χ1) is 25.0. The van der Waals surface area contributed by atoms with Crippen molar-refractivity contribution in [2.75, 3.05) is 54.9 Å². The van der Waals surface area contributed by atoms with Crippen LogP contribution in [0.3, 0.4) is 0 Å². The Kier molecular flexibility index (Phi) is 11.8. The molecule has 2 aromatic carbocycles. The van der Waals surface area contributed by atoms with Gasteiger partial charge < -0.3 is 88.2 Å². The second-order valence-electron chi connectivity index (χ2n) is 13.0. The summed E-state index contributed by atoms with van der Waals surface area (Å²) in [6.45, 7) is -0.604. The van der Waals surface area contributed by atoms with Crippen LogP contribution < -0.4 is 28.4 Å². The molecule has 2 aromatic rings. The van der Waals surface area contributed by atoms with Crippen LogP contribution in [0.25, 0.3) is 0 Å². The van der Waals surface area contributed by atoms with Gasteiger partial charge in [0.05, 0.1) is 67.1 Å². The first-order valence-corrected chi connectivity index (χ1v) is 16.7. The molecule has 290 valence electrons. The highest BCUT2D eigenvalue weighted by Gasteiger charge is 2.50. The Labute approximate surface area is 298 Å². The highest BCUT2D eigenvalue weighted by atomic mass is 16.7. The fourth-order valence-electron chi connectivity index (χ4n) is 7.16.